The van der Waals surface area contributed by atoms with Gasteiger partial charge in [0.25, 0.3) is 11.8 Å². The number of aromatic nitrogens is 1. The molecule has 0 atom stereocenters. The number of rotatable bonds is 5. The average Bonchev–Trinajstić information content (AvgIpc) is 3.33. The lowest BCUT2D eigenvalue weighted by Gasteiger charge is -2.17. The maximum absolute atomic E-state index is 12.7. The Balaban J connectivity index is 1.24. The number of fused-ring (bicyclic) bond motifs is 1. The van der Waals surface area contributed by atoms with Crippen molar-refractivity contribution >= 4 is 45.6 Å². The van der Waals surface area contributed by atoms with Gasteiger partial charge in [0.05, 0.1) is 5.69 Å². The van der Waals surface area contributed by atoms with E-state index in [1.165, 1.54) is 11.3 Å². The van der Waals surface area contributed by atoms with E-state index >= 15 is 0 Å². The van der Waals surface area contributed by atoms with Crippen LogP contribution in [0.4, 0.5) is 16.5 Å². The third-order valence-corrected chi connectivity index (χ3v) is 6.22. The highest BCUT2D eigenvalue weighted by Crippen LogP contribution is 2.28. The van der Waals surface area contributed by atoms with Crippen molar-refractivity contribution in [1.29, 1.82) is 0 Å². The van der Waals surface area contributed by atoms with Gasteiger partial charge in [0, 0.05) is 39.9 Å². The minimum atomic E-state index is -0.250. The Morgan fingerprint density at radius 3 is 2.41 bits per heavy atom. The largest absolute Gasteiger partial charge is 0.326 e. The van der Waals surface area contributed by atoms with Crippen LogP contribution >= 0.6 is 11.3 Å². The molecular weight excluding hydrogens is 448 g/mol. The van der Waals surface area contributed by atoms with Crippen molar-refractivity contribution in [2.24, 2.45) is 0 Å². The van der Waals surface area contributed by atoms with Gasteiger partial charge in [0.1, 0.15) is 0 Å². The summed E-state index contributed by atoms with van der Waals surface area (Å²) in [4.78, 5) is 41.0. The molecule has 0 unspecified atom stereocenters. The Morgan fingerprint density at radius 1 is 0.853 bits per heavy atom. The van der Waals surface area contributed by atoms with E-state index in [1.54, 1.807) is 30.3 Å². The molecule has 0 fully saturated rings. The second-order valence-corrected chi connectivity index (χ2v) is 8.67. The van der Waals surface area contributed by atoms with E-state index in [1.807, 2.05) is 47.8 Å². The third-order valence-electron chi connectivity index (χ3n) is 5.46. The van der Waals surface area contributed by atoms with Crippen molar-refractivity contribution in [2.45, 2.75) is 12.8 Å². The first kappa shape index (κ1) is 21.5. The molecule has 5 rings (SSSR count). The van der Waals surface area contributed by atoms with E-state index < -0.39 is 0 Å². The quantitative estimate of drug-likeness (QED) is 0.375. The molecule has 0 aliphatic carbocycles. The third kappa shape index (κ3) is 4.72. The topological polar surface area (TPSA) is 100 Å². The van der Waals surface area contributed by atoms with Gasteiger partial charge >= 0.3 is 0 Å². The van der Waals surface area contributed by atoms with Crippen molar-refractivity contribution in [1.82, 2.24) is 4.98 Å². The lowest BCUT2D eigenvalue weighted by atomic mass is 10.0. The van der Waals surface area contributed by atoms with Crippen molar-refractivity contribution in [3.63, 3.8) is 0 Å². The van der Waals surface area contributed by atoms with Gasteiger partial charge in [0.2, 0.25) is 5.91 Å². The van der Waals surface area contributed by atoms with Crippen LogP contribution in [0.15, 0.2) is 78.2 Å². The lowest BCUT2D eigenvalue weighted by Crippen LogP contribution is -2.20. The van der Waals surface area contributed by atoms with Crippen LogP contribution < -0.4 is 16.0 Å². The summed E-state index contributed by atoms with van der Waals surface area (Å²) >= 11 is 1.34. The van der Waals surface area contributed by atoms with Gasteiger partial charge in [-0.25, -0.2) is 4.98 Å². The van der Waals surface area contributed by atoms with E-state index in [-0.39, 0.29) is 17.7 Å². The summed E-state index contributed by atoms with van der Waals surface area (Å²) < 4.78 is 0. The molecule has 1 aliphatic heterocycles. The number of thiazole rings is 1. The van der Waals surface area contributed by atoms with E-state index in [4.69, 9.17) is 0 Å². The Morgan fingerprint density at radius 2 is 1.62 bits per heavy atom. The van der Waals surface area contributed by atoms with Gasteiger partial charge in [-0.3, -0.25) is 19.7 Å². The summed E-state index contributed by atoms with van der Waals surface area (Å²) in [6.07, 6.45) is 1.04. The second kappa shape index (κ2) is 9.29. The number of carbonyl (C=O) groups excluding carboxylic acids is 3. The van der Waals surface area contributed by atoms with E-state index in [0.717, 1.165) is 22.5 Å². The van der Waals surface area contributed by atoms with Gasteiger partial charge in [-0.2, -0.15) is 0 Å². The number of anilines is 3. The standard InChI is InChI=1S/C26H20N4O3S/c31-23-13-9-18-14-19(8-12-21(18)28-23)25(33)30-26-29-22(15-34-26)16-6-10-20(11-7-16)27-24(32)17-4-2-1-3-5-17/h1-8,10-12,14-15H,9,13H2,(H,27,32)(H,28,31)(H,29,30,33). The van der Waals surface area contributed by atoms with Gasteiger partial charge in [-0.15, -0.1) is 11.3 Å². The molecule has 0 radical (unpaired) electrons. The van der Waals surface area contributed by atoms with Crippen LogP contribution in [0.1, 0.15) is 32.7 Å². The highest BCUT2D eigenvalue weighted by atomic mass is 32.1. The maximum atomic E-state index is 12.7. The summed E-state index contributed by atoms with van der Waals surface area (Å²) in [5, 5.41) is 10.9. The molecule has 1 aromatic heterocycles. The highest BCUT2D eigenvalue weighted by Gasteiger charge is 2.17. The molecule has 34 heavy (non-hydrogen) atoms. The Hall–Kier alpha value is -4.30. The minimum Gasteiger partial charge on any atom is -0.326 e. The lowest BCUT2D eigenvalue weighted by molar-refractivity contribution is -0.116. The molecule has 8 heteroatoms. The van der Waals surface area contributed by atoms with Crippen LogP contribution in [-0.4, -0.2) is 22.7 Å². The van der Waals surface area contributed by atoms with Gasteiger partial charge in [-0.1, -0.05) is 30.3 Å². The fourth-order valence-electron chi connectivity index (χ4n) is 3.67. The van der Waals surface area contributed by atoms with E-state index in [2.05, 4.69) is 20.9 Å². The smallest absolute Gasteiger partial charge is 0.257 e. The summed E-state index contributed by atoms with van der Waals surface area (Å²) in [5.74, 6) is -0.428. The number of carbonyl (C=O) groups is 3. The number of benzene rings is 3. The van der Waals surface area contributed by atoms with Crippen LogP contribution in [0.25, 0.3) is 11.3 Å². The minimum absolute atomic E-state index is 0.00776. The number of nitrogens with zero attached hydrogens (tertiary/aromatic N) is 1. The predicted octanol–water partition coefficient (Wildman–Crippen LogP) is 5.20. The molecule has 1 aliphatic rings. The first-order chi connectivity index (χ1) is 16.5. The van der Waals surface area contributed by atoms with Crippen molar-refractivity contribution in [2.75, 3.05) is 16.0 Å². The molecule has 168 valence electrons. The number of amides is 3. The summed E-state index contributed by atoms with van der Waals surface area (Å²) in [6.45, 7) is 0. The fraction of sp³-hybridized carbons (Fsp3) is 0.0769. The summed E-state index contributed by atoms with van der Waals surface area (Å²) in [5.41, 5.74) is 5.11. The summed E-state index contributed by atoms with van der Waals surface area (Å²) in [6, 6.07) is 21.7. The van der Waals surface area contributed by atoms with E-state index in [9.17, 15) is 14.4 Å². The highest BCUT2D eigenvalue weighted by molar-refractivity contribution is 7.14. The molecule has 0 bridgehead atoms. The number of hydrogen-bond donors (Lipinski definition) is 3. The molecule has 0 saturated heterocycles. The van der Waals surface area contributed by atoms with Gasteiger partial charge in [0.15, 0.2) is 5.13 Å². The number of hydrogen-bond acceptors (Lipinski definition) is 5. The van der Waals surface area contributed by atoms with Crippen molar-refractivity contribution in [3.8, 4) is 11.3 Å². The van der Waals surface area contributed by atoms with E-state index in [0.29, 0.717) is 34.8 Å². The Kier molecular flexibility index (Phi) is 5.88. The molecule has 3 N–H and O–H groups in total. The summed E-state index contributed by atoms with van der Waals surface area (Å²) in [7, 11) is 0. The molecule has 7 nitrogen and oxygen atoms in total. The van der Waals surface area contributed by atoms with Crippen LogP contribution in [0.2, 0.25) is 0 Å². The van der Waals surface area contributed by atoms with Crippen molar-refractivity contribution in [3.05, 3.63) is 94.9 Å². The van der Waals surface area contributed by atoms with Crippen LogP contribution in [0.3, 0.4) is 0 Å². The first-order valence-corrected chi connectivity index (χ1v) is 11.6. The molecule has 4 aromatic rings. The average molecular weight is 469 g/mol. The molecule has 3 amide bonds. The molecule has 0 saturated carbocycles. The molecule has 0 spiro atoms. The maximum Gasteiger partial charge on any atom is 0.257 e. The van der Waals surface area contributed by atoms with Crippen LogP contribution in [-0.2, 0) is 11.2 Å². The number of nitrogens with one attached hydrogen (secondary N) is 3. The van der Waals surface area contributed by atoms with Gasteiger partial charge in [-0.05, 0) is 54.4 Å². The monoisotopic (exact) mass is 468 g/mol. The molecule has 3 aromatic carbocycles. The van der Waals surface area contributed by atoms with Gasteiger partial charge < -0.3 is 10.6 Å². The Labute approximate surface area is 199 Å². The predicted molar refractivity (Wildman–Crippen MR) is 133 cm³/mol. The molecule has 2 heterocycles. The fourth-order valence-corrected chi connectivity index (χ4v) is 4.39. The number of aryl methyl sites for hydroxylation is 1. The Bertz CT molecular complexity index is 1380. The van der Waals surface area contributed by atoms with Crippen LogP contribution in [0.5, 0.6) is 0 Å². The normalized spacial score (nSPS) is 12.4. The SMILES string of the molecule is O=C1CCc2cc(C(=O)Nc3nc(-c4ccc(NC(=O)c5ccccc5)cc4)cs3)ccc2N1. The van der Waals surface area contributed by atoms with Crippen molar-refractivity contribution < 1.29 is 14.4 Å². The zero-order valence-corrected chi connectivity index (χ0v) is 18.8. The zero-order chi connectivity index (χ0) is 23.5. The van der Waals surface area contributed by atoms with Crippen LogP contribution in [0, 0.1) is 0 Å². The molecular formula is C26H20N4O3S. The zero-order valence-electron chi connectivity index (χ0n) is 18.0. The second-order valence-electron chi connectivity index (χ2n) is 7.81. The first-order valence-electron chi connectivity index (χ1n) is 10.7.